The molecule has 4 aromatic rings. The number of hydrazone groups is 1. The first-order valence-electron chi connectivity index (χ1n) is 9.60. The van der Waals surface area contributed by atoms with Crippen molar-refractivity contribution in [1.29, 1.82) is 0 Å². The monoisotopic (exact) mass is 560 g/mol. The second kappa shape index (κ2) is 10.1. The third kappa shape index (κ3) is 5.23. The molecule has 1 aromatic heterocycles. The van der Waals surface area contributed by atoms with Gasteiger partial charge < -0.3 is 13.9 Å². The number of carbonyl (C=O) groups is 1. The Morgan fingerprint density at radius 2 is 1.94 bits per heavy atom. The maximum Gasteiger partial charge on any atom is 0.307 e. The van der Waals surface area contributed by atoms with Crippen LogP contribution in [0.2, 0.25) is 5.02 Å². The van der Waals surface area contributed by atoms with Crippen LogP contribution in [-0.4, -0.2) is 19.2 Å². The zero-order valence-corrected chi connectivity index (χ0v) is 19.9. The average molecular weight is 561 g/mol. The van der Waals surface area contributed by atoms with Gasteiger partial charge in [0.1, 0.15) is 12.2 Å². The molecule has 0 aliphatic carbocycles. The Morgan fingerprint density at radius 1 is 1.16 bits per heavy atom. The van der Waals surface area contributed by atoms with Crippen molar-refractivity contribution in [3.05, 3.63) is 92.2 Å². The number of amides is 1. The van der Waals surface area contributed by atoms with Gasteiger partial charge in [0.25, 0.3) is 0 Å². The summed E-state index contributed by atoms with van der Waals surface area (Å²) in [6.45, 7) is 0.379. The number of fused-ring (bicyclic) bond motifs is 1. The first kappa shape index (κ1) is 22.2. The summed E-state index contributed by atoms with van der Waals surface area (Å²) in [6.07, 6.45) is 1.54. The van der Waals surface area contributed by atoms with Gasteiger partial charge in [-0.1, -0.05) is 41.9 Å². The van der Waals surface area contributed by atoms with Crippen LogP contribution in [0.25, 0.3) is 11.0 Å². The van der Waals surface area contributed by atoms with E-state index in [9.17, 15) is 4.79 Å². The van der Waals surface area contributed by atoms with Crippen LogP contribution in [0.5, 0.6) is 11.5 Å². The molecule has 4 rings (SSSR count). The number of halogens is 2. The highest BCUT2D eigenvalue weighted by Gasteiger charge is 2.13. The number of carbonyl (C=O) groups excluding carboxylic acids is 1. The van der Waals surface area contributed by atoms with Crippen molar-refractivity contribution in [2.45, 2.75) is 6.61 Å². The number of furan rings is 1. The normalized spacial score (nSPS) is 11.1. The Balaban J connectivity index is 1.44. The first-order chi connectivity index (χ1) is 15.5. The lowest BCUT2D eigenvalue weighted by molar-refractivity contribution is 0.0929. The number of nitrogens with one attached hydrogen (secondary N) is 1. The van der Waals surface area contributed by atoms with E-state index in [1.54, 1.807) is 25.3 Å². The average Bonchev–Trinajstić information content (AvgIpc) is 3.23. The van der Waals surface area contributed by atoms with Crippen molar-refractivity contribution in [1.82, 2.24) is 5.43 Å². The lowest BCUT2D eigenvalue weighted by Crippen LogP contribution is -2.16. The molecule has 0 unspecified atom stereocenters. The Bertz CT molecular complexity index is 1250. The van der Waals surface area contributed by atoms with Crippen LogP contribution in [0, 0.1) is 3.57 Å². The third-order valence-electron chi connectivity index (χ3n) is 4.58. The maximum absolute atomic E-state index is 12.3. The van der Waals surface area contributed by atoms with Gasteiger partial charge in [0, 0.05) is 10.4 Å². The lowest BCUT2D eigenvalue weighted by atomic mass is 10.2. The third-order valence-corrected chi connectivity index (χ3v) is 5.63. The first-order valence-corrected chi connectivity index (χ1v) is 11.1. The van der Waals surface area contributed by atoms with Crippen molar-refractivity contribution >= 4 is 57.3 Å². The summed E-state index contributed by atoms with van der Waals surface area (Å²) in [5, 5.41) is 5.57. The summed E-state index contributed by atoms with van der Waals surface area (Å²) in [6, 6.07) is 20.2. The van der Waals surface area contributed by atoms with E-state index in [4.69, 9.17) is 25.5 Å². The minimum atomic E-state index is -0.429. The number of methoxy groups -OCH3 is 1. The second-order valence-electron chi connectivity index (χ2n) is 6.80. The molecular formula is C24H18ClIN2O4. The SMILES string of the molecule is COc1cc(/C=N\NC(=O)c2cc3ccccc3o2)cc(I)c1OCc1ccc(Cl)cc1. The molecule has 162 valence electrons. The number of nitrogens with zero attached hydrogens (tertiary/aromatic N) is 1. The summed E-state index contributed by atoms with van der Waals surface area (Å²) in [5.74, 6) is 0.964. The Morgan fingerprint density at radius 3 is 2.69 bits per heavy atom. The van der Waals surface area contributed by atoms with E-state index in [0.29, 0.717) is 28.7 Å². The van der Waals surface area contributed by atoms with Gasteiger partial charge in [-0.05, 0) is 70.1 Å². The van der Waals surface area contributed by atoms with Gasteiger partial charge in [0.15, 0.2) is 17.3 Å². The van der Waals surface area contributed by atoms with Gasteiger partial charge in [0.05, 0.1) is 16.9 Å². The zero-order chi connectivity index (χ0) is 22.5. The maximum atomic E-state index is 12.3. The summed E-state index contributed by atoms with van der Waals surface area (Å²) in [5.41, 5.74) is 4.87. The molecule has 32 heavy (non-hydrogen) atoms. The molecule has 0 fully saturated rings. The van der Waals surface area contributed by atoms with E-state index in [0.717, 1.165) is 20.1 Å². The summed E-state index contributed by atoms with van der Waals surface area (Å²) in [4.78, 5) is 12.3. The molecule has 0 bridgehead atoms. The molecule has 0 saturated carbocycles. The van der Waals surface area contributed by atoms with Crippen LogP contribution in [0.3, 0.4) is 0 Å². The predicted octanol–water partition coefficient (Wildman–Crippen LogP) is 6.04. The molecule has 0 aliphatic heterocycles. The second-order valence-corrected chi connectivity index (χ2v) is 8.40. The Kier molecular flexibility index (Phi) is 6.96. The molecule has 3 aromatic carbocycles. The largest absolute Gasteiger partial charge is 0.493 e. The van der Waals surface area contributed by atoms with Crippen LogP contribution in [-0.2, 0) is 6.61 Å². The highest BCUT2D eigenvalue weighted by Crippen LogP contribution is 2.34. The van der Waals surface area contributed by atoms with Crippen molar-refractivity contribution < 1.29 is 18.7 Å². The van der Waals surface area contributed by atoms with Crippen molar-refractivity contribution in [3.8, 4) is 11.5 Å². The molecule has 0 radical (unpaired) electrons. The summed E-state index contributed by atoms with van der Waals surface area (Å²) >= 11 is 8.10. The number of ether oxygens (including phenoxy) is 2. The van der Waals surface area contributed by atoms with E-state index in [1.807, 2.05) is 48.5 Å². The number of hydrogen-bond donors (Lipinski definition) is 1. The van der Waals surface area contributed by atoms with Crippen LogP contribution in [0.4, 0.5) is 0 Å². The van der Waals surface area contributed by atoms with Gasteiger partial charge in [-0.2, -0.15) is 5.10 Å². The molecule has 8 heteroatoms. The van der Waals surface area contributed by atoms with Gasteiger partial charge in [-0.3, -0.25) is 4.79 Å². The molecule has 0 aliphatic rings. The van der Waals surface area contributed by atoms with E-state index in [2.05, 4.69) is 33.1 Å². The number of rotatable bonds is 7. The fourth-order valence-electron chi connectivity index (χ4n) is 3.00. The minimum absolute atomic E-state index is 0.196. The van der Waals surface area contributed by atoms with E-state index >= 15 is 0 Å². The number of para-hydroxylation sites is 1. The Hall–Kier alpha value is -3.04. The topological polar surface area (TPSA) is 73.1 Å². The molecule has 0 saturated heterocycles. The van der Waals surface area contributed by atoms with Gasteiger partial charge >= 0.3 is 5.91 Å². The van der Waals surface area contributed by atoms with Gasteiger partial charge in [0.2, 0.25) is 0 Å². The smallest absolute Gasteiger partial charge is 0.307 e. The number of benzene rings is 3. The minimum Gasteiger partial charge on any atom is -0.493 e. The van der Waals surface area contributed by atoms with Crippen LogP contribution in [0.15, 0.2) is 76.2 Å². The van der Waals surface area contributed by atoms with Crippen molar-refractivity contribution in [3.63, 3.8) is 0 Å². The fourth-order valence-corrected chi connectivity index (χ4v) is 3.91. The molecule has 6 nitrogen and oxygen atoms in total. The fraction of sp³-hybridized carbons (Fsp3) is 0.0833. The van der Waals surface area contributed by atoms with E-state index < -0.39 is 5.91 Å². The standard InChI is InChI=1S/C24H18ClIN2O4/c1-30-21-11-16(10-19(26)23(21)31-14-15-6-8-18(25)9-7-15)13-27-28-24(29)22-12-17-4-2-3-5-20(17)32-22/h2-13H,14H2,1H3,(H,28,29)/b27-13-. The lowest BCUT2D eigenvalue weighted by Gasteiger charge is -2.13. The van der Waals surface area contributed by atoms with Crippen LogP contribution >= 0.6 is 34.2 Å². The predicted molar refractivity (Wildman–Crippen MR) is 133 cm³/mol. The van der Waals surface area contributed by atoms with Gasteiger partial charge in [-0.15, -0.1) is 0 Å². The molecular weight excluding hydrogens is 543 g/mol. The summed E-state index contributed by atoms with van der Waals surface area (Å²) in [7, 11) is 1.57. The van der Waals surface area contributed by atoms with Crippen LogP contribution in [0.1, 0.15) is 21.7 Å². The summed E-state index contributed by atoms with van der Waals surface area (Å²) < 4.78 is 17.8. The Labute approximate surface area is 203 Å². The molecule has 0 atom stereocenters. The number of hydrogen-bond acceptors (Lipinski definition) is 5. The van der Waals surface area contributed by atoms with Gasteiger partial charge in [-0.25, -0.2) is 5.43 Å². The van der Waals surface area contributed by atoms with Crippen molar-refractivity contribution in [2.24, 2.45) is 5.10 Å². The van der Waals surface area contributed by atoms with Crippen molar-refractivity contribution in [2.75, 3.05) is 7.11 Å². The molecule has 1 heterocycles. The van der Waals surface area contributed by atoms with E-state index in [1.165, 1.54) is 6.21 Å². The van der Waals surface area contributed by atoms with E-state index in [-0.39, 0.29) is 5.76 Å². The molecule has 0 spiro atoms. The highest BCUT2D eigenvalue weighted by atomic mass is 127. The molecule has 1 N–H and O–H groups in total. The van der Waals surface area contributed by atoms with Crippen LogP contribution < -0.4 is 14.9 Å². The highest BCUT2D eigenvalue weighted by molar-refractivity contribution is 14.1. The zero-order valence-electron chi connectivity index (χ0n) is 17.0. The molecule has 1 amide bonds. The quantitative estimate of drug-likeness (QED) is 0.170.